The second-order valence-corrected chi connectivity index (χ2v) is 3.52. The highest BCUT2D eigenvalue weighted by Gasteiger charge is 2.17. The van der Waals surface area contributed by atoms with Gasteiger partial charge in [0.05, 0.1) is 6.07 Å². The molecule has 4 nitrogen and oxygen atoms in total. The van der Waals surface area contributed by atoms with E-state index in [9.17, 15) is 4.79 Å². The number of nitriles is 1. The Hall–Kier alpha value is -1.60. The predicted octanol–water partition coefficient (Wildman–Crippen LogP) is 1.72. The van der Waals surface area contributed by atoms with Gasteiger partial charge in [0.2, 0.25) is 0 Å². The average molecular weight is 224 g/mol. The normalized spacial score (nSPS) is 11.6. The number of carbonyl (C=O) groups excluding carboxylic acids is 1. The molecule has 1 unspecified atom stereocenters. The fourth-order valence-electron chi connectivity index (χ4n) is 0.965. The van der Waals surface area contributed by atoms with Gasteiger partial charge in [-0.15, -0.1) is 0 Å². The Morgan fingerprint density at radius 2 is 2.40 bits per heavy atom. The van der Waals surface area contributed by atoms with Crippen molar-refractivity contribution in [1.82, 2.24) is 9.88 Å². The molecule has 0 aliphatic carbocycles. The van der Waals surface area contributed by atoms with E-state index in [2.05, 4.69) is 4.98 Å². The molecule has 0 aromatic carbocycles. The summed E-state index contributed by atoms with van der Waals surface area (Å²) in [6, 6.07) is 4.55. The van der Waals surface area contributed by atoms with E-state index in [-0.39, 0.29) is 11.6 Å². The molecule has 0 aliphatic heterocycles. The third kappa shape index (κ3) is 2.67. The van der Waals surface area contributed by atoms with Gasteiger partial charge in [-0.3, -0.25) is 9.78 Å². The molecule has 15 heavy (non-hydrogen) atoms. The number of hydrogen-bond acceptors (Lipinski definition) is 3. The Kier molecular flexibility index (Phi) is 3.64. The highest BCUT2D eigenvalue weighted by Crippen LogP contribution is 2.10. The molecule has 1 aromatic heterocycles. The molecule has 0 aliphatic rings. The number of halogens is 1. The van der Waals surface area contributed by atoms with Crippen molar-refractivity contribution in [3.8, 4) is 6.07 Å². The van der Waals surface area contributed by atoms with Crippen molar-refractivity contribution in [2.45, 2.75) is 13.0 Å². The zero-order valence-corrected chi connectivity index (χ0v) is 9.19. The van der Waals surface area contributed by atoms with E-state index in [1.165, 1.54) is 17.2 Å². The lowest BCUT2D eigenvalue weighted by molar-refractivity contribution is 0.0767. The molecule has 1 atom stereocenters. The first-order valence-electron chi connectivity index (χ1n) is 4.34. The lowest BCUT2D eigenvalue weighted by Crippen LogP contribution is -2.34. The van der Waals surface area contributed by atoms with E-state index in [4.69, 9.17) is 16.9 Å². The molecule has 0 saturated heterocycles. The van der Waals surface area contributed by atoms with E-state index in [1.54, 1.807) is 20.0 Å². The summed E-state index contributed by atoms with van der Waals surface area (Å²) in [6.07, 6.45) is 1.46. The van der Waals surface area contributed by atoms with Crippen LogP contribution in [0.3, 0.4) is 0 Å². The number of amides is 1. The Morgan fingerprint density at radius 3 is 2.93 bits per heavy atom. The minimum atomic E-state index is -0.488. The number of aromatic nitrogens is 1. The van der Waals surface area contributed by atoms with Crippen LogP contribution in [0.15, 0.2) is 18.3 Å². The molecule has 5 heteroatoms. The molecule has 0 radical (unpaired) electrons. The summed E-state index contributed by atoms with van der Waals surface area (Å²) in [6.45, 7) is 1.64. The number of rotatable bonds is 2. The van der Waals surface area contributed by atoms with Gasteiger partial charge in [-0.25, -0.2) is 0 Å². The lowest BCUT2D eigenvalue weighted by Gasteiger charge is -2.18. The van der Waals surface area contributed by atoms with Crippen LogP contribution in [-0.2, 0) is 0 Å². The van der Waals surface area contributed by atoms with Crippen molar-refractivity contribution in [2.24, 2.45) is 0 Å². The average Bonchev–Trinajstić information content (AvgIpc) is 2.26. The van der Waals surface area contributed by atoms with Gasteiger partial charge in [0.15, 0.2) is 0 Å². The smallest absolute Gasteiger partial charge is 0.273 e. The van der Waals surface area contributed by atoms with Crippen LogP contribution < -0.4 is 0 Å². The van der Waals surface area contributed by atoms with Gasteiger partial charge in [-0.2, -0.15) is 5.26 Å². The highest BCUT2D eigenvalue weighted by molar-refractivity contribution is 6.30. The summed E-state index contributed by atoms with van der Waals surface area (Å²) in [5, 5.41) is 9.12. The summed E-state index contributed by atoms with van der Waals surface area (Å²) in [7, 11) is 1.55. The molecule has 0 bridgehead atoms. The van der Waals surface area contributed by atoms with Crippen molar-refractivity contribution in [3.05, 3.63) is 29.0 Å². The van der Waals surface area contributed by atoms with Gasteiger partial charge in [-0.05, 0) is 19.1 Å². The highest BCUT2D eigenvalue weighted by atomic mass is 35.5. The Balaban J connectivity index is 2.91. The van der Waals surface area contributed by atoms with Gasteiger partial charge in [0.25, 0.3) is 5.91 Å². The maximum absolute atomic E-state index is 11.8. The summed E-state index contributed by atoms with van der Waals surface area (Å²) < 4.78 is 0. The van der Waals surface area contributed by atoms with Gasteiger partial charge in [-0.1, -0.05) is 11.6 Å². The molecular formula is C10H10ClN3O. The van der Waals surface area contributed by atoms with Crippen LogP contribution in [0.2, 0.25) is 5.02 Å². The molecule has 78 valence electrons. The number of nitrogens with zero attached hydrogens (tertiary/aromatic N) is 3. The molecule has 1 aromatic rings. The van der Waals surface area contributed by atoms with E-state index < -0.39 is 6.04 Å². The van der Waals surface area contributed by atoms with E-state index >= 15 is 0 Å². The molecule has 0 saturated carbocycles. The molecule has 0 N–H and O–H groups in total. The zero-order chi connectivity index (χ0) is 11.4. The summed E-state index contributed by atoms with van der Waals surface area (Å²) in [5.74, 6) is -0.313. The lowest BCUT2D eigenvalue weighted by atomic mass is 10.2. The van der Waals surface area contributed by atoms with Gasteiger partial charge in [0, 0.05) is 18.3 Å². The number of carbonyl (C=O) groups is 1. The van der Waals surface area contributed by atoms with Gasteiger partial charge >= 0.3 is 0 Å². The van der Waals surface area contributed by atoms with Gasteiger partial charge in [0.1, 0.15) is 11.7 Å². The van der Waals surface area contributed by atoms with Crippen LogP contribution in [0.4, 0.5) is 0 Å². The number of hydrogen-bond donors (Lipinski definition) is 0. The molecule has 0 spiro atoms. The predicted molar refractivity (Wildman–Crippen MR) is 56.4 cm³/mol. The van der Waals surface area contributed by atoms with Gasteiger partial charge < -0.3 is 4.90 Å². The standard InChI is InChI=1S/C10H10ClN3O/c1-7(6-12)14(2)10(15)9-5-8(11)3-4-13-9/h3-5,7H,1-2H3. The summed E-state index contributed by atoms with van der Waals surface area (Å²) in [5.41, 5.74) is 0.243. The quantitative estimate of drug-likeness (QED) is 0.767. The van der Waals surface area contributed by atoms with Crippen molar-refractivity contribution >= 4 is 17.5 Å². The zero-order valence-electron chi connectivity index (χ0n) is 8.44. The second-order valence-electron chi connectivity index (χ2n) is 3.08. The van der Waals surface area contributed by atoms with Crippen LogP contribution in [-0.4, -0.2) is 28.9 Å². The van der Waals surface area contributed by atoms with Crippen molar-refractivity contribution < 1.29 is 4.79 Å². The maximum atomic E-state index is 11.8. The third-order valence-electron chi connectivity index (χ3n) is 2.03. The molecule has 0 fully saturated rings. The first kappa shape index (κ1) is 11.5. The third-order valence-corrected chi connectivity index (χ3v) is 2.26. The van der Waals surface area contributed by atoms with E-state index in [1.807, 2.05) is 6.07 Å². The fourth-order valence-corrected chi connectivity index (χ4v) is 1.12. The van der Waals surface area contributed by atoms with Crippen molar-refractivity contribution in [3.63, 3.8) is 0 Å². The van der Waals surface area contributed by atoms with Crippen LogP contribution in [0.25, 0.3) is 0 Å². The Bertz CT molecular complexity index is 413. The largest absolute Gasteiger partial charge is 0.325 e. The Labute approximate surface area is 93.1 Å². The summed E-state index contributed by atoms with van der Waals surface area (Å²) >= 11 is 5.73. The molecule has 1 heterocycles. The number of pyridine rings is 1. The first-order valence-corrected chi connectivity index (χ1v) is 4.72. The maximum Gasteiger partial charge on any atom is 0.273 e. The van der Waals surface area contributed by atoms with Crippen LogP contribution in [0.1, 0.15) is 17.4 Å². The molecule has 1 rings (SSSR count). The monoisotopic (exact) mass is 223 g/mol. The summed E-state index contributed by atoms with van der Waals surface area (Å²) in [4.78, 5) is 17.0. The van der Waals surface area contributed by atoms with Crippen molar-refractivity contribution in [2.75, 3.05) is 7.05 Å². The van der Waals surface area contributed by atoms with Crippen LogP contribution >= 0.6 is 11.6 Å². The second kappa shape index (κ2) is 4.76. The molecule has 1 amide bonds. The Morgan fingerprint density at radius 1 is 1.73 bits per heavy atom. The topological polar surface area (TPSA) is 57.0 Å². The van der Waals surface area contributed by atoms with Crippen molar-refractivity contribution in [1.29, 1.82) is 5.26 Å². The van der Waals surface area contributed by atoms with Crippen LogP contribution in [0, 0.1) is 11.3 Å². The molecular weight excluding hydrogens is 214 g/mol. The SMILES string of the molecule is CC(C#N)N(C)C(=O)c1cc(Cl)ccn1. The van der Waals surface area contributed by atoms with E-state index in [0.29, 0.717) is 5.02 Å². The first-order chi connectivity index (χ1) is 7.06. The fraction of sp³-hybridized carbons (Fsp3) is 0.300. The minimum Gasteiger partial charge on any atom is -0.325 e. The van der Waals surface area contributed by atoms with Crippen LogP contribution in [0.5, 0.6) is 0 Å². The minimum absolute atomic E-state index is 0.243. The van der Waals surface area contributed by atoms with E-state index in [0.717, 1.165) is 0 Å².